The summed E-state index contributed by atoms with van der Waals surface area (Å²) in [5.74, 6) is 5.96. The lowest BCUT2D eigenvalue weighted by molar-refractivity contribution is 0.00695. The topological polar surface area (TPSA) is 77.0 Å². The number of hydrogen-bond donors (Lipinski definition) is 1. The number of aromatic nitrogens is 3. The average Bonchev–Trinajstić information content (AvgIpc) is 3.27. The fourth-order valence-corrected chi connectivity index (χ4v) is 3.47. The van der Waals surface area contributed by atoms with Crippen molar-refractivity contribution in [2.75, 3.05) is 0 Å². The van der Waals surface area contributed by atoms with Crippen LogP contribution in [0.3, 0.4) is 0 Å². The van der Waals surface area contributed by atoms with Crippen LogP contribution in [0.5, 0.6) is 0 Å². The maximum Gasteiger partial charge on any atom is 0.338 e. The minimum atomic E-state index is -0.544. The molecule has 2 heterocycles. The summed E-state index contributed by atoms with van der Waals surface area (Å²) in [5.41, 5.74) is 2.45. The Morgan fingerprint density at radius 3 is 2.61 bits per heavy atom. The van der Waals surface area contributed by atoms with Crippen LogP contribution < -0.4 is 5.56 Å². The lowest BCUT2D eigenvalue weighted by atomic mass is 10.0. The van der Waals surface area contributed by atoms with Crippen LogP contribution in [0.2, 0.25) is 0 Å². The summed E-state index contributed by atoms with van der Waals surface area (Å²) in [6, 6.07) is 14.7. The summed E-state index contributed by atoms with van der Waals surface area (Å²) in [4.78, 5) is 31.4. The monoisotopic (exact) mass is 439 g/mol. The zero-order valence-corrected chi connectivity index (χ0v) is 18.9. The highest BCUT2D eigenvalue weighted by molar-refractivity contribution is 5.90. The van der Waals surface area contributed by atoms with Crippen LogP contribution in [-0.2, 0) is 17.7 Å². The van der Waals surface area contributed by atoms with Gasteiger partial charge in [-0.05, 0) is 56.0 Å². The number of pyridine rings is 1. The zero-order chi connectivity index (χ0) is 23.4. The number of benzene rings is 2. The van der Waals surface area contributed by atoms with E-state index < -0.39 is 5.60 Å². The highest BCUT2D eigenvalue weighted by atomic mass is 16.6. The van der Waals surface area contributed by atoms with Gasteiger partial charge in [0.15, 0.2) is 0 Å². The minimum absolute atomic E-state index is 0.151. The molecule has 0 radical (unpaired) electrons. The summed E-state index contributed by atoms with van der Waals surface area (Å²) >= 11 is 0. The number of fused-ring (bicyclic) bond motifs is 1. The molecule has 0 amide bonds. The van der Waals surface area contributed by atoms with Gasteiger partial charge in [0.25, 0.3) is 0 Å². The van der Waals surface area contributed by atoms with Gasteiger partial charge in [-0.25, -0.2) is 9.78 Å². The number of esters is 1. The standard InChI is InChI=1S/C27H25N3O3/c1-27(2,3)33-26(32)21-9-6-20(7-10-21)16-24-23-15-19(5-4-13-30-14-12-28-18-30)8-11-22(23)17-25(31)29-24/h6-12,14-15,17-18H,13,16H2,1-3H3,(H,29,31). The molecule has 0 aliphatic heterocycles. The van der Waals surface area contributed by atoms with Crippen molar-refractivity contribution in [3.63, 3.8) is 0 Å². The second-order valence-corrected chi connectivity index (χ2v) is 8.83. The molecule has 4 aromatic rings. The second-order valence-electron chi connectivity index (χ2n) is 8.83. The number of aromatic amines is 1. The van der Waals surface area contributed by atoms with Gasteiger partial charge in [0, 0.05) is 41.5 Å². The first-order valence-corrected chi connectivity index (χ1v) is 10.7. The van der Waals surface area contributed by atoms with Gasteiger partial charge in [-0.2, -0.15) is 0 Å². The number of rotatable bonds is 4. The Labute approximate surface area is 192 Å². The maximum atomic E-state index is 12.3. The van der Waals surface area contributed by atoms with E-state index in [2.05, 4.69) is 21.8 Å². The van der Waals surface area contributed by atoms with Gasteiger partial charge in [0.2, 0.25) is 5.56 Å². The number of hydrogen-bond acceptors (Lipinski definition) is 4. The van der Waals surface area contributed by atoms with E-state index in [1.165, 1.54) is 0 Å². The molecule has 6 nitrogen and oxygen atoms in total. The van der Waals surface area contributed by atoms with Crippen LogP contribution in [0.4, 0.5) is 0 Å². The molecule has 0 unspecified atom stereocenters. The first-order valence-electron chi connectivity index (χ1n) is 10.7. The molecule has 0 atom stereocenters. The average molecular weight is 440 g/mol. The number of nitrogens with zero attached hydrogens (tertiary/aromatic N) is 2. The SMILES string of the molecule is CC(C)(C)OC(=O)c1ccc(Cc2[nH]c(=O)cc3ccc(C#CCn4ccnc4)cc23)cc1. The second kappa shape index (κ2) is 9.17. The molecule has 0 saturated carbocycles. The summed E-state index contributed by atoms with van der Waals surface area (Å²) < 4.78 is 7.32. The van der Waals surface area contributed by atoms with Gasteiger partial charge in [0.1, 0.15) is 5.60 Å². The van der Waals surface area contributed by atoms with Crippen LogP contribution in [0.1, 0.15) is 48.0 Å². The highest BCUT2D eigenvalue weighted by Crippen LogP contribution is 2.21. The molecular weight excluding hydrogens is 414 g/mol. The van der Waals surface area contributed by atoms with E-state index in [-0.39, 0.29) is 11.5 Å². The molecule has 0 spiro atoms. The van der Waals surface area contributed by atoms with E-state index in [0.29, 0.717) is 18.5 Å². The van der Waals surface area contributed by atoms with Gasteiger partial charge in [0.05, 0.1) is 18.4 Å². The quantitative estimate of drug-likeness (QED) is 0.379. The Morgan fingerprint density at radius 2 is 1.91 bits per heavy atom. The van der Waals surface area contributed by atoms with Gasteiger partial charge in [-0.1, -0.05) is 30.0 Å². The van der Waals surface area contributed by atoms with E-state index in [9.17, 15) is 9.59 Å². The van der Waals surface area contributed by atoms with Crippen LogP contribution >= 0.6 is 0 Å². The van der Waals surface area contributed by atoms with Gasteiger partial charge >= 0.3 is 5.97 Å². The van der Waals surface area contributed by atoms with Crippen molar-refractivity contribution in [3.05, 3.63) is 100.0 Å². The molecule has 0 fully saturated rings. The molecule has 2 aromatic carbocycles. The van der Waals surface area contributed by atoms with E-state index in [4.69, 9.17) is 4.74 Å². The highest BCUT2D eigenvalue weighted by Gasteiger charge is 2.17. The van der Waals surface area contributed by atoms with Crippen LogP contribution in [0.25, 0.3) is 10.8 Å². The molecule has 1 N–H and O–H groups in total. The summed E-state index contributed by atoms with van der Waals surface area (Å²) in [6.07, 6.45) is 5.84. The third-order valence-corrected chi connectivity index (χ3v) is 4.96. The van der Waals surface area contributed by atoms with Crippen molar-refractivity contribution < 1.29 is 9.53 Å². The minimum Gasteiger partial charge on any atom is -0.456 e. The number of carbonyl (C=O) groups is 1. The zero-order valence-electron chi connectivity index (χ0n) is 18.9. The fourth-order valence-electron chi connectivity index (χ4n) is 3.47. The van der Waals surface area contributed by atoms with Crippen molar-refractivity contribution in [1.29, 1.82) is 0 Å². The van der Waals surface area contributed by atoms with E-state index in [1.807, 2.05) is 61.9 Å². The lowest BCUT2D eigenvalue weighted by Crippen LogP contribution is -2.23. The molecular formula is C27H25N3O3. The van der Waals surface area contributed by atoms with Gasteiger partial charge < -0.3 is 14.3 Å². The van der Waals surface area contributed by atoms with Crippen molar-refractivity contribution in [2.24, 2.45) is 0 Å². The lowest BCUT2D eigenvalue weighted by Gasteiger charge is -2.19. The number of H-pyrrole nitrogens is 1. The third kappa shape index (κ3) is 5.78. The Kier molecular flexibility index (Phi) is 6.14. The molecule has 0 aliphatic rings. The number of ether oxygens (including phenoxy) is 1. The fraction of sp³-hybridized carbons (Fsp3) is 0.222. The molecule has 33 heavy (non-hydrogen) atoms. The van der Waals surface area contributed by atoms with Crippen LogP contribution in [0, 0.1) is 11.8 Å². The molecule has 6 heteroatoms. The van der Waals surface area contributed by atoms with Gasteiger partial charge in [-0.3, -0.25) is 4.79 Å². The van der Waals surface area contributed by atoms with Crippen molar-refractivity contribution >= 4 is 16.7 Å². The first kappa shape index (κ1) is 22.1. The van der Waals surface area contributed by atoms with E-state index in [0.717, 1.165) is 27.6 Å². The number of carbonyl (C=O) groups excluding carboxylic acids is 1. The van der Waals surface area contributed by atoms with E-state index >= 15 is 0 Å². The smallest absolute Gasteiger partial charge is 0.338 e. The molecule has 0 aliphatic carbocycles. The van der Waals surface area contributed by atoms with Crippen LogP contribution in [-0.4, -0.2) is 26.1 Å². The molecule has 0 bridgehead atoms. The Balaban J connectivity index is 1.58. The van der Waals surface area contributed by atoms with Crippen molar-refractivity contribution in [2.45, 2.75) is 39.3 Å². The number of nitrogens with one attached hydrogen (secondary N) is 1. The Bertz CT molecular complexity index is 1400. The van der Waals surface area contributed by atoms with E-state index in [1.54, 1.807) is 30.7 Å². The Morgan fingerprint density at radius 1 is 1.12 bits per heavy atom. The maximum absolute atomic E-state index is 12.3. The molecule has 4 rings (SSSR count). The third-order valence-electron chi connectivity index (χ3n) is 4.96. The summed E-state index contributed by atoms with van der Waals surface area (Å²) in [7, 11) is 0. The van der Waals surface area contributed by atoms with Crippen molar-refractivity contribution in [1.82, 2.24) is 14.5 Å². The summed E-state index contributed by atoms with van der Waals surface area (Å²) in [6.45, 7) is 6.08. The molecule has 0 saturated heterocycles. The molecule has 166 valence electrons. The predicted octanol–water partition coefficient (Wildman–Crippen LogP) is 4.32. The first-order chi connectivity index (χ1) is 15.8. The largest absolute Gasteiger partial charge is 0.456 e. The summed E-state index contributed by atoms with van der Waals surface area (Å²) in [5, 5.41) is 1.81. The van der Waals surface area contributed by atoms with Crippen molar-refractivity contribution in [3.8, 4) is 11.8 Å². The Hall–Kier alpha value is -4.11. The number of imidazole rings is 1. The van der Waals surface area contributed by atoms with Crippen LogP contribution in [0.15, 0.2) is 72.0 Å². The molecule has 2 aromatic heterocycles. The predicted molar refractivity (Wildman–Crippen MR) is 128 cm³/mol. The normalized spacial score (nSPS) is 11.1. The van der Waals surface area contributed by atoms with Gasteiger partial charge in [-0.15, -0.1) is 0 Å².